The van der Waals surface area contributed by atoms with E-state index in [9.17, 15) is 0 Å². The van der Waals surface area contributed by atoms with Gasteiger partial charge in [0.15, 0.2) is 0 Å². The molecule has 0 saturated carbocycles. The van der Waals surface area contributed by atoms with Gasteiger partial charge in [-0.15, -0.1) is 12.4 Å². The molecule has 0 amide bonds. The molecule has 0 aliphatic carbocycles. The van der Waals surface area contributed by atoms with Crippen molar-refractivity contribution in [2.45, 2.75) is 26.2 Å². The first-order valence-corrected chi connectivity index (χ1v) is 6.45. The van der Waals surface area contributed by atoms with Crippen LogP contribution in [0.15, 0.2) is 28.7 Å². The van der Waals surface area contributed by atoms with E-state index in [1.807, 2.05) is 6.92 Å². The van der Waals surface area contributed by atoms with E-state index in [0.717, 1.165) is 24.4 Å². The van der Waals surface area contributed by atoms with Gasteiger partial charge in [-0.3, -0.25) is 0 Å². The van der Waals surface area contributed by atoms with Gasteiger partial charge in [0.2, 0.25) is 0 Å². The molecule has 2 heterocycles. The third-order valence-corrected chi connectivity index (χ3v) is 3.88. The lowest BCUT2D eigenvalue weighted by atomic mass is 9.82. The van der Waals surface area contributed by atoms with Crippen LogP contribution in [0.5, 0.6) is 0 Å². The highest BCUT2D eigenvalue weighted by atomic mass is 35.5. The van der Waals surface area contributed by atoms with E-state index in [-0.39, 0.29) is 12.4 Å². The van der Waals surface area contributed by atoms with E-state index in [2.05, 4.69) is 36.5 Å². The van der Waals surface area contributed by atoms with Crippen molar-refractivity contribution in [2.75, 3.05) is 13.1 Å². The van der Waals surface area contributed by atoms with Gasteiger partial charge < -0.3 is 9.73 Å². The molecule has 0 spiro atoms. The van der Waals surface area contributed by atoms with Gasteiger partial charge >= 0.3 is 0 Å². The molecule has 18 heavy (non-hydrogen) atoms. The van der Waals surface area contributed by atoms with Crippen LogP contribution in [0.2, 0.25) is 0 Å². The van der Waals surface area contributed by atoms with Gasteiger partial charge in [-0.1, -0.05) is 25.1 Å². The van der Waals surface area contributed by atoms with Crippen LogP contribution in [0.25, 0.3) is 11.0 Å². The second-order valence-electron chi connectivity index (χ2n) is 5.20. The Hall–Kier alpha value is -0.990. The summed E-state index contributed by atoms with van der Waals surface area (Å²) in [7, 11) is 0. The van der Waals surface area contributed by atoms with Crippen LogP contribution in [0.1, 0.15) is 30.6 Å². The van der Waals surface area contributed by atoms with Crippen molar-refractivity contribution in [3.63, 3.8) is 0 Å². The number of piperidine rings is 1. The number of benzene rings is 1. The van der Waals surface area contributed by atoms with Crippen LogP contribution in [0, 0.1) is 12.8 Å². The molecule has 1 aliphatic rings. The molecule has 1 saturated heterocycles. The molecule has 2 atom stereocenters. The van der Waals surface area contributed by atoms with Crippen LogP contribution in [-0.4, -0.2) is 13.1 Å². The molecule has 1 aromatic heterocycles. The first-order valence-electron chi connectivity index (χ1n) is 6.45. The molecule has 2 aromatic rings. The lowest BCUT2D eigenvalue weighted by Crippen LogP contribution is -2.33. The highest BCUT2D eigenvalue weighted by molar-refractivity contribution is 5.85. The van der Waals surface area contributed by atoms with Crippen molar-refractivity contribution in [3.8, 4) is 0 Å². The van der Waals surface area contributed by atoms with Crippen LogP contribution >= 0.6 is 12.4 Å². The summed E-state index contributed by atoms with van der Waals surface area (Å²) in [5.41, 5.74) is 2.49. The topological polar surface area (TPSA) is 25.2 Å². The first-order chi connectivity index (χ1) is 8.25. The summed E-state index contributed by atoms with van der Waals surface area (Å²) in [4.78, 5) is 0. The Morgan fingerprint density at radius 1 is 1.33 bits per heavy atom. The standard InChI is InChI=1S/C15H19NO.ClH/c1-10-9-16-7-6-13(10)14-5-3-4-12-8-11(2)17-15(12)14;/h3-5,8,10,13,16H,6-7,9H2,1-2H3;1H. The zero-order valence-corrected chi connectivity index (χ0v) is 11.7. The van der Waals surface area contributed by atoms with Crippen LogP contribution in [0.3, 0.4) is 0 Å². The zero-order chi connectivity index (χ0) is 11.8. The van der Waals surface area contributed by atoms with Crippen molar-refractivity contribution in [2.24, 2.45) is 5.92 Å². The molecule has 0 bridgehead atoms. The Labute approximate surface area is 114 Å². The fourth-order valence-corrected chi connectivity index (χ4v) is 2.98. The Morgan fingerprint density at radius 2 is 2.17 bits per heavy atom. The number of furan rings is 1. The quantitative estimate of drug-likeness (QED) is 0.847. The average Bonchev–Trinajstić information content (AvgIpc) is 2.70. The summed E-state index contributed by atoms with van der Waals surface area (Å²) in [6.45, 7) is 6.58. The molecule has 98 valence electrons. The third-order valence-electron chi connectivity index (χ3n) is 3.88. The summed E-state index contributed by atoms with van der Waals surface area (Å²) < 4.78 is 5.88. The minimum atomic E-state index is 0. The van der Waals surface area contributed by atoms with Crippen LogP contribution in [0.4, 0.5) is 0 Å². The molecule has 2 unspecified atom stereocenters. The fraction of sp³-hybridized carbons (Fsp3) is 0.467. The summed E-state index contributed by atoms with van der Waals surface area (Å²) >= 11 is 0. The van der Waals surface area contributed by atoms with Crippen LogP contribution in [-0.2, 0) is 0 Å². The molecule has 0 radical (unpaired) electrons. The molecule has 1 fully saturated rings. The fourth-order valence-electron chi connectivity index (χ4n) is 2.98. The van der Waals surface area contributed by atoms with E-state index in [1.165, 1.54) is 17.4 Å². The van der Waals surface area contributed by atoms with Gasteiger partial charge in [-0.2, -0.15) is 0 Å². The van der Waals surface area contributed by atoms with E-state index in [0.29, 0.717) is 11.8 Å². The molecule has 1 N–H and O–H groups in total. The molecule has 3 rings (SSSR count). The minimum Gasteiger partial charge on any atom is -0.461 e. The van der Waals surface area contributed by atoms with E-state index in [4.69, 9.17) is 4.42 Å². The van der Waals surface area contributed by atoms with E-state index in [1.54, 1.807) is 0 Å². The van der Waals surface area contributed by atoms with Gasteiger partial charge in [0.25, 0.3) is 0 Å². The molecule has 1 aliphatic heterocycles. The Kier molecular flexibility index (Phi) is 3.98. The van der Waals surface area contributed by atoms with Crippen molar-refractivity contribution >= 4 is 23.4 Å². The number of para-hydroxylation sites is 1. The van der Waals surface area contributed by atoms with Gasteiger partial charge in [-0.25, -0.2) is 0 Å². The summed E-state index contributed by atoms with van der Waals surface area (Å²) in [6, 6.07) is 8.66. The Balaban J connectivity index is 0.00000120. The molecule has 1 aromatic carbocycles. The highest BCUT2D eigenvalue weighted by Crippen LogP contribution is 2.35. The van der Waals surface area contributed by atoms with Crippen molar-refractivity contribution in [3.05, 3.63) is 35.6 Å². The maximum atomic E-state index is 5.88. The van der Waals surface area contributed by atoms with Gasteiger partial charge in [0.1, 0.15) is 11.3 Å². The highest BCUT2D eigenvalue weighted by Gasteiger charge is 2.25. The molecular weight excluding hydrogens is 246 g/mol. The number of aryl methyl sites for hydroxylation is 1. The third kappa shape index (κ3) is 2.27. The Bertz CT molecular complexity index is 534. The second kappa shape index (κ2) is 5.33. The number of nitrogens with one attached hydrogen (secondary N) is 1. The smallest absolute Gasteiger partial charge is 0.137 e. The monoisotopic (exact) mass is 265 g/mol. The first kappa shape index (κ1) is 13.4. The van der Waals surface area contributed by atoms with Gasteiger partial charge in [-0.05, 0) is 49.9 Å². The maximum absolute atomic E-state index is 5.88. The van der Waals surface area contributed by atoms with Crippen molar-refractivity contribution in [1.82, 2.24) is 5.32 Å². The SMILES string of the molecule is Cc1cc2cccc(C3CCNCC3C)c2o1.Cl. The van der Waals surface area contributed by atoms with E-state index < -0.39 is 0 Å². The van der Waals surface area contributed by atoms with Gasteiger partial charge in [0, 0.05) is 5.39 Å². The van der Waals surface area contributed by atoms with Crippen molar-refractivity contribution in [1.29, 1.82) is 0 Å². The predicted molar refractivity (Wildman–Crippen MR) is 77.6 cm³/mol. The second-order valence-corrected chi connectivity index (χ2v) is 5.20. The lowest BCUT2D eigenvalue weighted by molar-refractivity contribution is 0.348. The molecule has 2 nitrogen and oxygen atoms in total. The van der Waals surface area contributed by atoms with Gasteiger partial charge in [0.05, 0.1) is 0 Å². The maximum Gasteiger partial charge on any atom is 0.137 e. The predicted octanol–water partition coefficient (Wildman–Crippen LogP) is 3.88. The summed E-state index contributed by atoms with van der Waals surface area (Å²) in [6.07, 6.45) is 1.21. The molecule has 3 heteroatoms. The van der Waals surface area contributed by atoms with E-state index >= 15 is 0 Å². The normalized spacial score (nSPS) is 23.9. The average molecular weight is 266 g/mol. The number of hydrogen-bond donors (Lipinski definition) is 1. The number of halogens is 1. The lowest BCUT2D eigenvalue weighted by Gasteiger charge is -2.29. The molecular formula is C15H20ClNO. The Morgan fingerprint density at radius 3 is 2.94 bits per heavy atom. The summed E-state index contributed by atoms with van der Waals surface area (Å²) in [5, 5.41) is 4.70. The zero-order valence-electron chi connectivity index (χ0n) is 10.9. The minimum absolute atomic E-state index is 0. The number of hydrogen-bond acceptors (Lipinski definition) is 2. The summed E-state index contributed by atoms with van der Waals surface area (Å²) in [5.74, 6) is 2.32. The largest absolute Gasteiger partial charge is 0.461 e. The van der Waals surface area contributed by atoms with Crippen molar-refractivity contribution < 1.29 is 4.42 Å². The number of rotatable bonds is 1. The number of fused-ring (bicyclic) bond motifs is 1. The van der Waals surface area contributed by atoms with Crippen LogP contribution < -0.4 is 5.32 Å².